The van der Waals surface area contributed by atoms with Gasteiger partial charge in [0.2, 0.25) is 0 Å². The summed E-state index contributed by atoms with van der Waals surface area (Å²) in [5.41, 5.74) is 4.61. The number of nitrogens with zero attached hydrogens (tertiary/aromatic N) is 1. The summed E-state index contributed by atoms with van der Waals surface area (Å²) in [5.74, 6) is 1.29. The largest absolute Gasteiger partial charge is 0.490 e. The van der Waals surface area contributed by atoms with Crippen molar-refractivity contribution in [3.63, 3.8) is 0 Å². The van der Waals surface area contributed by atoms with Gasteiger partial charge in [0.1, 0.15) is 6.61 Å². The van der Waals surface area contributed by atoms with E-state index in [1.54, 1.807) is 0 Å². The van der Waals surface area contributed by atoms with Crippen molar-refractivity contribution < 1.29 is 9.47 Å². The summed E-state index contributed by atoms with van der Waals surface area (Å²) in [6.45, 7) is 4.96. The van der Waals surface area contributed by atoms with Crippen molar-refractivity contribution in [1.29, 1.82) is 5.26 Å². The molecule has 33 heavy (non-hydrogen) atoms. The molecule has 0 unspecified atom stereocenters. The van der Waals surface area contributed by atoms with Crippen LogP contribution in [0, 0.1) is 18.3 Å². The van der Waals surface area contributed by atoms with Crippen molar-refractivity contribution in [2.24, 2.45) is 0 Å². The lowest BCUT2D eigenvalue weighted by molar-refractivity contribution is 0.267. The zero-order valence-corrected chi connectivity index (χ0v) is 20.2. The number of hydrogen-bond donors (Lipinski definition) is 0. The van der Waals surface area contributed by atoms with Gasteiger partial charge in [0.15, 0.2) is 11.5 Å². The number of hydrogen-bond acceptors (Lipinski definition) is 3. The summed E-state index contributed by atoms with van der Waals surface area (Å²) in [6, 6.07) is 28.6. The van der Waals surface area contributed by atoms with Crippen LogP contribution in [-0.4, -0.2) is 6.61 Å². The van der Waals surface area contributed by atoms with Crippen LogP contribution >= 0.6 is 15.9 Å². The maximum Gasteiger partial charge on any atom is 0.175 e. The highest BCUT2D eigenvalue weighted by Crippen LogP contribution is 2.38. The first-order valence-electron chi connectivity index (χ1n) is 10.8. The van der Waals surface area contributed by atoms with E-state index in [4.69, 9.17) is 9.47 Å². The van der Waals surface area contributed by atoms with Gasteiger partial charge in [0.25, 0.3) is 0 Å². The number of fused-ring (bicyclic) bond motifs is 1. The van der Waals surface area contributed by atoms with Gasteiger partial charge in [-0.05, 0) is 81.5 Å². The van der Waals surface area contributed by atoms with Crippen molar-refractivity contribution in [2.45, 2.75) is 20.5 Å². The second-order valence-electron chi connectivity index (χ2n) is 7.77. The first-order chi connectivity index (χ1) is 16.1. The molecule has 0 bridgehead atoms. The summed E-state index contributed by atoms with van der Waals surface area (Å²) in [6.07, 6.45) is 1.88. The highest BCUT2D eigenvalue weighted by molar-refractivity contribution is 9.10. The Balaban J connectivity index is 1.66. The van der Waals surface area contributed by atoms with Crippen LogP contribution in [-0.2, 0) is 6.61 Å². The molecule has 0 amide bonds. The lowest BCUT2D eigenvalue weighted by atomic mass is 10.00. The summed E-state index contributed by atoms with van der Waals surface area (Å²) in [4.78, 5) is 0. The summed E-state index contributed by atoms with van der Waals surface area (Å²) in [5, 5.41) is 12.1. The molecular weight excluding hydrogens is 474 g/mol. The van der Waals surface area contributed by atoms with Gasteiger partial charge >= 0.3 is 0 Å². The van der Waals surface area contributed by atoms with Crippen LogP contribution in [0.5, 0.6) is 11.5 Å². The molecule has 0 aromatic heterocycles. The number of ether oxygens (including phenoxy) is 2. The molecule has 0 spiro atoms. The van der Waals surface area contributed by atoms with Crippen molar-refractivity contribution in [3.05, 3.63) is 106 Å². The van der Waals surface area contributed by atoms with Gasteiger partial charge in [-0.1, -0.05) is 66.2 Å². The third-order valence-electron chi connectivity index (χ3n) is 5.29. The lowest BCUT2D eigenvalue weighted by Gasteiger charge is -2.15. The van der Waals surface area contributed by atoms with E-state index in [9.17, 15) is 5.26 Å². The Bertz CT molecular complexity index is 1370. The smallest absolute Gasteiger partial charge is 0.175 e. The third-order valence-corrected chi connectivity index (χ3v) is 5.88. The van der Waals surface area contributed by atoms with Crippen LogP contribution in [0.25, 0.3) is 22.4 Å². The fraction of sp³-hybridized carbons (Fsp3) is 0.138. The normalized spacial score (nSPS) is 11.3. The standard InChI is InChI=1S/C29H24BrNO2/c1-3-32-28-16-22(15-27(30)29(28)33-19-21-8-6-7-20(2)13-21)14-26(18-31)25-12-11-23-9-4-5-10-24(23)17-25/h4-17H,3,19H2,1-2H3/b26-14-. The van der Waals surface area contributed by atoms with E-state index in [0.29, 0.717) is 30.3 Å². The minimum atomic E-state index is 0.441. The zero-order valence-electron chi connectivity index (χ0n) is 18.6. The molecule has 4 rings (SSSR count). The lowest BCUT2D eigenvalue weighted by Crippen LogP contribution is -2.01. The van der Waals surface area contributed by atoms with Crippen LogP contribution in [0.4, 0.5) is 0 Å². The Morgan fingerprint density at radius 1 is 0.939 bits per heavy atom. The Labute approximate surface area is 203 Å². The Hall–Kier alpha value is -3.55. The van der Waals surface area contributed by atoms with E-state index in [1.165, 1.54) is 5.56 Å². The molecule has 0 aliphatic rings. The molecule has 164 valence electrons. The number of rotatable bonds is 7. The van der Waals surface area contributed by atoms with E-state index < -0.39 is 0 Å². The van der Waals surface area contributed by atoms with Crippen LogP contribution in [0.15, 0.2) is 83.3 Å². The molecule has 0 heterocycles. The van der Waals surface area contributed by atoms with E-state index in [2.05, 4.69) is 53.2 Å². The minimum absolute atomic E-state index is 0.441. The fourth-order valence-corrected chi connectivity index (χ4v) is 4.31. The van der Waals surface area contributed by atoms with E-state index >= 15 is 0 Å². The average Bonchev–Trinajstić information content (AvgIpc) is 2.82. The molecule has 0 fully saturated rings. The molecule has 0 aliphatic carbocycles. The molecule has 4 heteroatoms. The Kier molecular flexibility index (Phi) is 7.12. The number of halogens is 1. The van der Waals surface area contributed by atoms with E-state index in [0.717, 1.165) is 31.9 Å². The van der Waals surface area contributed by atoms with Gasteiger partial charge in [-0.3, -0.25) is 0 Å². The molecule has 0 N–H and O–H groups in total. The molecular formula is C29H24BrNO2. The average molecular weight is 498 g/mol. The van der Waals surface area contributed by atoms with Gasteiger partial charge in [-0.2, -0.15) is 5.26 Å². The SMILES string of the molecule is CCOc1cc(/C=C(/C#N)c2ccc3ccccc3c2)cc(Br)c1OCc1cccc(C)c1. The van der Waals surface area contributed by atoms with Gasteiger partial charge in [0.05, 0.1) is 22.7 Å². The van der Waals surface area contributed by atoms with Gasteiger partial charge in [0, 0.05) is 0 Å². The van der Waals surface area contributed by atoms with Crippen LogP contribution in [0.2, 0.25) is 0 Å². The highest BCUT2D eigenvalue weighted by Gasteiger charge is 2.13. The fourth-order valence-electron chi connectivity index (χ4n) is 3.74. The molecule has 4 aromatic rings. The molecule has 0 radical (unpaired) electrons. The molecule has 0 saturated carbocycles. The topological polar surface area (TPSA) is 42.2 Å². The second-order valence-corrected chi connectivity index (χ2v) is 8.63. The van der Waals surface area contributed by atoms with Crippen LogP contribution in [0.1, 0.15) is 29.2 Å². The number of allylic oxidation sites excluding steroid dienone is 1. The van der Waals surface area contributed by atoms with Gasteiger partial charge in [-0.15, -0.1) is 0 Å². The number of benzene rings is 4. The van der Waals surface area contributed by atoms with E-state index in [-0.39, 0.29) is 0 Å². The molecule has 4 aromatic carbocycles. The van der Waals surface area contributed by atoms with Crippen molar-refractivity contribution in [3.8, 4) is 17.6 Å². The van der Waals surface area contributed by atoms with E-state index in [1.807, 2.05) is 67.6 Å². The Morgan fingerprint density at radius 2 is 1.76 bits per heavy atom. The van der Waals surface area contributed by atoms with Crippen molar-refractivity contribution >= 4 is 38.4 Å². The number of nitriles is 1. The first-order valence-corrected chi connectivity index (χ1v) is 11.6. The first kappa shape index (κ1) is 22.6. The van der Waals surface area contributed by atoms with Crippen molar-refractivity contribution in [1.82, 2.24) is 0 Å². The molecule has 0 aliphatic heterocycles. The van der Waals surface area contributed by atoms with Gasteiger partial charge < -0.3 is 9.47 Å². The summed E-state index contributed by atoms with van der Waals surface area (Å²) >= 11 is 3.64. The second kappa shape index (κ2) is 10.4. The van der Waals surface area contributed by atoms with Gasteiger partial charge in [-0.25, -0.2) is 0 Å². The highest BCUT2D eigenvalue weighted by atomic mass is 79.9. The monoisotopic (exact) mass is 497 g/mol. The maximum atomic E-state index is 9.86. The van der Waals surface area contributed by atoms with Crippen molar-refractivity contribution in [2.75, 3.05) is 6.61 Å². The zero-order chi connectivity index (χ0) is 23.2. The van der Waals surface area contributed by atoms with Crippen LogP contribution in [0.3, 0.4) is 0 Å². The summed E-state index contributed by atoms with van der Waals surface area (Å²) < 4.78 is 12.8. The minimum Gasteiger partial charge on any atom is -0.490 e. The molecule has 0 saturated heterocycles. The third kappa shape index (κ3) is 5.45. The van der Waals surface area contributed by atoms with Crippen LogP contribution < -0.4 is 9.47 Å². The predicted molar refractivity (Wildman–Crippen MR) is 138 cm³/mol. The summed E-state index contributed by atoms with van der Waals surface area (Å²) in [7, 11) is 0. The maximum absolute atomic E-state index is 9.86. The predicted octanol–water partition coefficient (Wildman–Crippen LogP) is 7.95. The quantitative estimate of drug-likeness (QED) is 0.192. The molecule has 3 nitrogen and oxygen atoms in total. The Morgan fingerprint density at radius 3 is 2.52 bits per heavy atom. The number of aryl methyl sites for hydroxylation is 1. The molecule has 0 atom stereocenters.